The molecule has 0 radical (unpaired) electrons. The molecule has 1 rings (SSSR count). The first-order valence-corrected chi connectivity index (χ1v) is 6.10. The molecule has 0 heterocycles. The molecule has 0 atom stereocenters. The molecule has 0 N–H and O–H groups in total. The molecular formula is C12H18OS. The van der Waals surface area contributed by atoms with Crippen LogP contribution in [0.25, 0.3) is 0 Å². The smallest absolute Gasteiger partial charge is 0.119 e. The highest BCUT2D eigenvalue weighted by Gasteiger charge is 2.02. The summed E-state index contributed by atoms with van der Waals surface area (Å²) >= 11 is 1.94. The van der Waals surface area contributed by atoms with Gasteiger partial charge in [-0.2, -0.15) is 0 Å². The maximum Gasteiger partial charge on any atom is 0.119 e. The van der Waals surface area contributed by atoms with Gasteiger partial charge < -0.3 is 4.74 Å². The van der Waals surface area contributed by atoms with Gasteiger partial charge in [0, 0.05) is 4.90 Å². The zero-order valence-electron chi connectivity index (χ0n) is 9.17. The molecule has 1 nitrogen and oxygen atoms in total. The molecule has 0 bridgehead atoms. The van der Waals surface area contributed by atoms with Gasteiger partial charge in [-0.1, -0.05) is 13.8 Å². The van der Waals surface area contributed by atoms with Crippen molar-refractivity contribution in [2.24, 2.45) is 0 Å². The van der Waals surface area contributed by atoms with Crippen molar-refractivity contribution in [3.05, 3.63) is 23.8 Å². The molecule has 0 amide bonds. The first kappa shape index (κ1) is 11.4. The van der Waals surface area contributed by atoms with Gasteiger partial charge in [-0.3, -0.25) is 0 Å². The van der Waals surface area contributed by atoms with Gasteiger partial charge in [0.2, 0.25) is 0 Å². The second kappa shape index (κ2) is 5.97. The molecule has 0 saturated heterocycles. The highest BCUT2D eigenvalue weighted by Crippen LogP contribution is 2.27. The summed E-state index contributed by atoms with van der Waals surface area (Å²) in [6, 6.07) is 6.34. The Hall–Kier alpha value is -0.630. The fourth-order valence-corrected chi connectivity index (χ4v) is 2.29. The highest BCUT2D eigenvalue weighted by molar-refractivity contribution is 7.99. The Morgan fingerprint density at radius 2 is 2.07 bits per heavy atom. The summed E-state index contributed by atoms with van der Waals surface area (Å²) in [7, 11) is 1.72. The van der Waals surface area contributed by atoms with E-state index in [0.29, 0.717) is 0 Å². The van der Waals surface area contributed by atoms with Gasteiger partial charge in [-0.25, -0.2) is 0 Å². The molecule has 0 aliphatic carbocycles. The van der Waals surface area contributed by atoms with Crippen molar-refractivity contribution >= 4 is 11.8 Å². The van der Waals surface area contributed by atoms with Crippen LogP contribution in [0.5, 0.6) is 5.75 Å². The van der Waals surface area contributed by atoms with E-state index in [2.05, 4.69) is 26.0 Å². The second-order valence-electron chi connectivity index (χ2n) is 3.18. The van der Waals surface area contributed by atoms with Crippen LogP contribution in [0.4, 0.5) is 0 Å². The van der Waals surface area contributed by atoms with Crippen LogP contribution < -0.4 is 4.74 Å². The van der Waals surface area contributed by atoms with E-state index in [0.717, 1.165) is 12.2 Å². The van der Waals surface area contributed by atoms with Gasteiger partial charge in [0.25, 0.3) is 0 Å². The molecular weight excluding hydrogens is 192 g/mol. The molecule has 14 heavy (non-hydrogen) atoms. The second-order valence-corrected chi connectivity index (χ2v) is 4.31. The third-order valence-electron chi connectivity index (χ3n) is 2.11. The molecule has 2 heteroatoms. The van der Waals surface area contributed by atoms with E-state index in [1.54, 1.807) is 7.11 Å². The monoisotopic (exact) mass is 210 g/mol. The zero-order valence-corrected chi connectivity index (χ0v) is 9.99. The first-order valence-electron chi connectivity index (χ1n) is 5.11. The Balaban J connectivity index is 2.82. The van der Waals surface area contributed by atoms with Crippen LogP contribution in [0, 0.1) is 0 Å². The summed E-state index contributed by atoms with van der Waals surface area (Å²) in [6.45, 7) is 4.40. The number of rotatable bonds is 5. The Morgan fingerprint density at radius 3 is 2.64 bits per heavy atom. The van der Waals surface area contributed by atoms with Crippen LogP contribution in [0.1, 0.15) is 25.8 Å². The first-order chi connectivity index (χ1) is 6.81. The van der Waals surface area contributed by atoms with Crippen LogP contribution in [0.2, 0.25) is 0 Å². The van der Waals surface area contributed by atoms with Crippen LogP contribution in [0.3, 0.4) is 0 Å². The van der Waals surface area contributed by atoms with Crippen molar-refractivity contribution in [3.63, 3.8) is 0 Å². The van der Waals surface area contributed by atoms with Crippen LogP contribution >= 0.6 is 11.8 Å². The number of methoxy groups -OCH3 is 1. The van der Waals surface area contributed by atoms with Crippen LogP contribution in [0.15, 0.2) is 23.1 Å². The van der Waals surface area contributed by atoms with E-state index in [1.165, 1.54) is 22.6 Å². The predicted octanol–water partition coefficient (Wildman–Crippen LogP) is 3.76. The number of ether oxygens (including phenoxy) is 1. The van der Waals surface area contributed by atoms with Gasteiger partial charge in [0.1, 0.15) is 5.75 Å². The number of aryl methyl sites for hydroxylation is 1. The standard InChI is InChI=1S/C12H18OS/c1-4-8-14-12-7-6-11(13-3)9-10(12)5-2/h6-7,9H,4-5,8H2,1-3H3. The minimum absolute atomic E-state index is 0.961. The van der Waals surface area contributed by atoms with E-state index in [9.17, 15) is 0 Å². The average Bonchev–Trinajstić information content (AvgIpc) is 2.26. The Labute approximate surface area is 90.9 Å². The average molecular weight is 210 g/mol. The van der Waals surface area contributed by atoms with Crippen LogP contribution in [-0.4, -0.2) is 12.9 Å². The van der Waals surface area contributed by atoms with Crippen LogP contribution in [-0.2, 0) is 6.42 Å². The van der Waals surface area contributed by atoms with Crippen molar-refractivity contribution in [2.75, 3.05) is 12.9 Å². The topological polar surface area (TPSA) is 9.23 Å². The van der Waals surface area contributed by atoms with Crippen molar-refractivity contribution in [1.82, 2.24) is 0 Å². The van der Waals surface area contributed by atoms with Gasteiger partial charge in [-0.15, -0.1) is 11.8 Å². The maximum atomic E-state index is 5.21. The Kier molecular flexibility index (Phi) is 4.88. The third-order valence-corrected chi connectivity index (χ3v) is 3.43. The predicted molar refractivity (Wildman–Crippen MR) is 63.4 cm³/mol. The van der Waals surface area contributed by atoms with Gasteiger partial charge in [-0.05, 0) is 42.4 Å². The maximum absolute atomic E-state index is 5.21. The number of hydrogen-bond acceptors (Lipinski definition) is 2. The SMILES string of the molecule is CCCSc1ccc(OC)cc1CC. The summed E-state index contributed by atoms with van der Waals surface area (Å²) in [5, 5.41) is 0. The normalized spacial score (nSPS) is 10.2. The minimum atomic E-state index is 0.961. The number of benzene rings is 1. The summed E-state index contributed by atoms with van der Waals surface area (Å²) in [5.74, 6) is 2.15. The molecule has 0 aliphatic rings. The van der Waals surface area contributed by atoms with Gasteiger partial charge in [0.05, 0.1) is 7.11 Å². The fourth-order valence-electron chi connectivity index (χ4n) is 1.31. The minimum Gasteiger partial charge on any atom is -0.497 e. The van der Waals surface area contributed by atoms with Crippen molar-refractivity contribution in [1.29, 1.82) is 0 Å². The summed E-state index contributed by atoms with van der Waals surface area (Å²) in [6.07, 6.45) is 2.29. The number of thioether (sulfide) groups is 1. The van der Waals surface area contributed by atoms with E-state index in [1.807, 2.05) is 17.8 Å². The molecule has 1 aromatic rings. The molecule has 0 aliphatic heterocycles. The quantitative estimate of drug-likeness (QED) is 0.684. The Morgan fingerprint density at radius 1 is 1.29 bits per heavy atom. The lowest BCUT2D eigenvalue weighted by molar-refractivity contribution is 0.414. The molecule has 0 unspecified atom stereocenters. The van der Waals surface area contributed by atoms with E-state index in [4.69, 9.17) is 4.74 Å². The lowest BCUT2D eigenvalue weighted by atomic mass is 10.1. The number of hydrogen-bond donors (Lipinski definition) is 0. The Bertz CT molecular complexity index is 284. The van der Waals surface area contributed by atoms with Gasteiger partial charge in [0.15, 0.2) is 0 Å². The molecule has 0 aromatic heterocycles. The molecule has 0 spiro atoms. The highest BCUT2D eigenvalue weighted by atomic mass is 32.2. The lowest BCUT2D eigenvalue weighted by Gasteiger charge is -2.08. The molecule has 1 aromatic carbocycles. The largest absolute Gasteiger partial charge is 0.497 e. The zero-order chi connectivity index (χ0) is 10.4. The summed E-state index contributed by atoms with van der Waals surface area (Å²) in [4.78, 5) is 1.40. The van der Waals surface area contributed by atoms with E-state index < -0.39 is 0 Å². The van der Waals surface area contributed by atoms with Crippen molar-refractivity contribution < 1.29 is 4.74 Å². The summed E-state index contributed by atoms with van der Waals surface area (Å²) in [5.41, 5.74) is 1.39. The van der Waals surface area contributed by atoms with E-state index in [-0.39, 0.29) is 0 Å². The fraction of sp³-hybridized carbons (Fsp3) is 0.500. The van der Waals surface area contributed by atoms with Gasteiger partial charge >= 0.3 is 0 Å². The van der Waals surface area contributed by atoms with E-state index >= 15 is 0 Å². The lowest BCUT2D eigenvalue weighted by Crippen LogP contribution is -1.89. The molecule has 0 fully saturated rings. The van der Waals surface area contributed by atoms with Crippen molar-refractivity contribution in [3.8, 4) is 5.75 Å². The molecule has 78 valence electrons. The third kappa shape index (κ3) is 2.95. The summed E-state index contributed by atoms with van der Waals surface area (Å²) < 4.78 is 5.21. The molecule has 0 saturated carbocycles. The van der Waals surface area contributed by atoms with Crippen molar-refractivity contribution in [2.45, 2.75) is 31.6 Å².